The second-order valence-corrected chi connectivity index (χ2v) is 5.42. The summed E-state index contributed by atoms with van der Waals surface area (Å²) < 4.78 is 43.1. The summed E-state index contributed by atoms with van der Waals surface area (Å²) in [6.07, 6.45) is -5.60. The summed E-state index contributed by atoms with van der Waals surface area (Å²) in [4.78, 5) is 11.7. The van der Waals surface area contributed by atoms with Gasteiger partial charge in [0.2, 0.25) is 0 Å². The van der Waals surface area contributed by atoms with Crippen LogP contribution in [0.3, 0.4) is 0 Å². The van der Waals surface area contributed by atoms with E-state index in [-0.39, 0.29) is 5.69 Å². The molecule has 1 aromatic carbocycles. The number of ether oxygens (including phenoxy) is 1. The van der Waals surface area contributed by atoms with Crippen molar-refractivity contribution in [2.75, 3.05) is 5.01 Å². The number of amides is 1. The SMILES string of the molecule is CC(C)(C)OC(=O)N(N)c1ccc(Cl)c(C(F)(F)F)c1. The molecule has 0 spiro atoms. The van der Waals surface area contributed by atoms with Crippen LogP contribution in [-0.4, -0.2) is 11.7 Å². The highest BCUT2D eigenvalue weighted by Gasteiger charge is 2.34. The smallest absolute Gasteiger partial charge is 0.429 e. The lowest BCUT2D eigenvalue weighted by Crippen LogP contribution is -2.41. The fourth-order valence-corrected chi connectivity index (χ4v) is 1.52. The first-order chi connectivity index (χ1) is 8.92. The van der Waals surface area contributed by atoms with Crippen LogP contribution >= 0.6 is 11.6 Å². The van der Waals surface area contributed by atoms with Gasteiger partial charge in [0, 0.05) is 0 Å². The molecular formula is C12H14ClF3N2O2. The summed E-state index contributed by atoms with van der Waals surface area (Å²) in [6, 6.07) is 2.90. The quantitative estimate of drug-likeness (QED) is 0.485. The Bertz CT molecular complexity index is 512. The molecule has 2 N–H and O–H groups in total. The van der Waals surface area contributed by atoms with E-state index in [0.717, 1.165) is 6.07 Å². The Morgan fingerprint density at radius 3 is 2.30 bits per heavy atom. The predicted octanol–water partition coefficient (Wildman–Crippen LogP) is 3.97. The van der Waals surface area contributed by atoms with Gasteiger partial charge in [-0.05, 0) is 39.0 Å². The van der Waals surface area contributed by atoms with E-state index in [0.29, 0.717) is 11.1 Å². The van der Waals surface area contributed by atoms with Crippen LogP contribution in [0, 0.1) is 0 Å². The van der Waals surface area contributed by atoms with Gasteiger partial charge in [0.15, 0.2) is 0 Å². The van der Waals surface area contributed by atoms with E-state index in [1.807, 2.05) is 0 Å². The first kappa shape index (κ1) is 16.6. The largest absolute Gasteiger partial charge is 0.442 e. The van der Waals surface area contributed by atoms with Crippen molar-refractivity contribution in [2.24, 2.45) is 5.84 Å². The van der Waals surface area contributed by atoms with Crippen molar-refractivity contribution >= 4 is 23.4 Å². The maximum absolute atomic E-state index is 12.7. The lowest BCUT2D eigenvalue weighted by molar-refractivity contribution is -0.137. The van der Waals surface area contributed by atoms with Gasteiger partial charge in [-0.2, -0.15) is 13.2 Å². The number of hydrazine groups is 1. The molecule has 4 nitrogen and oxygen atoms in total. The molecule has 0 bridgehead atoms. The first-order valence-corrected chi connectivity index (χ1v) is 5.94. The van der Waals surface area contributed by atoms with Crippen LogP contribution in [0.15, 0.2) is 18.2 Å². The summed E-state index contributed by atoms with van der Waals surface area (Å²) in [7, 11) is 0. The third-order valence-corrected chi connectivity index (χ3v) is 2.45. The molecule has 0 radical (unpaired) electrons. The topological polar surface area (TPSA) is 55.6 Å². The average Bonchev–Trinajstić information content (AvgIpc) is 2.24. The lowest BCUT2D eigenvalue weighted by atomic mass is 10.2. The molecule has 20 heavy (non-hydrogen) atoms. The van der Waals surface area contributed by atoms with Gasteiger partial charge in [-0.3, -0.25) is 0 Å². The van der Waals surface area contributed by atoms with E-state index in [9.17, 15) is 18.0 Å². The lowest BCUT2D eigenvalue weighted by Gasteiger charge is -2.24. The Morgan fingerprint density at radius 1 is 1.30 bits per heavy atom. The van der Waals surface area contributed by atoms with Crippen molar-refractivity contribution < 1.29 is 22.7 Å². The number of nitrogens with two attached hydrogens (primary N) is 1. The number of nitrogens with zero attached hydrogens (tertiary/aromatic N) is 1. The number of rotatable bonds is 1. The molecule has 1 aromatic rings. The summed E-state index contributed by atoms with van der Waals surface area (Å²) in [6.45, 7) is 4.84. The number of halogens is 4. The molecule has 0 aliphatic rings. The van der Waals surface area contributed by atoms with Crippen LogP contribution in [0.5, 0.6) is 0 Å². The summed E-state index contributed by atoms with van der Waals surface area (Å²) >= 11 is 5.48. The zero-order chi connectivity index (χ0) is 15.7. The van der Waals surface area contributed by atoms with Crippen LogP contribution in [-0.2, 0) is 10.9 Å². The zero-order valence-electron chi connectivity index (χ0n) is 11.1. The molecule has 1 rings (SSSR count). The highest BCUT2D eigenvalue weighted by Crippen LogP contribution is 2.36. The number of anilines is 1. The number of hydrogen-bond donors (Lipinski definition) is 1. The second kappa shape index (κ2) is 5.49. The maximum Gasteiger partial charge on any atom is 0.429 e. The molecule has 112 valence electrons. The molecule has 0 aliphatic heterocycles. The third-order valence-electron chi connectivity index (χ3n) is 2.12. The molecule has 0 aliphatic carbocycles. The number of carbonyl (C=O) groups is 1. The van der Waals surface area contributed by atoms with E-state index in [4.69, 9.17) is 22.2 Å². The number of alkyl halides is 3. The van der Waals surface area contributed by atoms with Gasteiger partial charge in [-0.25, -0.2) is 15.6 Å². The van der Waals surface area contributed by atoms with Gasteiger partial charge in [0.25, 0.3) is 0 Å². The van der Waals surface area contributed by atoms with Crippen LogP contribution < -0.4 is 10.9 Å². The van der Waals surface area contributed by atoms with Crippen LogP contribution in [0.25, 0.3) is 0 Å². The number of hydrogen-bond acceptors (Lipinski definition) is 3. The van der Waals surface area contributed by atoms with Gasteiger partial charge in [0.05, 0.1) is 16.3 Å². The summed E-state index contributed by atoms with van der Waals surface area (Å²) in [5.74, 6) is 5.46. The van der Waals surface area contributed by atoms with Gasteiger partial charge in [-0.1, -0.05) is 11.6 Å². The summed E-state index contributed by atoms with van der Waals surface area (Å²) in [5, 5.41) is 0.0235. The molecule has 0 atom stereocenters. The van der Waals surface area contributed by atoms with Gasteiger partial charge in [0.1, 0.15) is 5.60 Å². The van der Waals surface area contributed by atoms with Crippen molar-refractivity contribution in [1.29, 1.82) is 0 Å². The van der Waals surface area contributed by atoms with E-state index in [1.54, 1.807) is 20.8 Å². The van der Waals surface area contributed by atoms with E-state index < -0.39 is 28.5 Å². The molecular weight excluding hydrogens is 297 g/mol. The highest BCUT2D eigenvalue weighted by molar-refractivity contribution is 6.31. The van der Waals surface area contributed by atoms with Gasteiger partial charge in [-0.15, -0.1) is 0 Å². The molecule has 8 heteroatoms. The second-order valence-electron chi connectivity index (χ2n) is 5.01. The van der Waals surface area contributed by atoms with Crippen molar-refractivity contribution in [1.82, 2.24) is 0 Å². The predicted molar refractivity (Wildman–Crippen MR) is 69.4 cm³/mol. The van der Waals surface area contributed by atoms with Gasteiger partial charge < -0.3 is 4.74 Å². The average molecular weight is 311 g/mol. The standard InChI is InChI=1S/C12H14ClF3N2O2/c1-11(2,3)20-10(19)18(17)7-4-5-9(13)8(6-7)12(14,15)16/h4-6H,17H2,1-3H3. The highest BCUT2D eigenvalue weighted by atomic mass is 35.5. The molecule has 0 aromatic heterocycles. The van der Waals surface area contributed by atoms with Crippen molar-refractivity contribution in [2.45, 2.75) is 32.5 Å². The Hall–Kier alpha value is -1.47. The molecule has 1 amide bonds. The van der Waals surface area contributed by atoms with Crippen LogP contribution in [0.4, 0.5) is 23.7 Å². The molecule has 0 unspecified atom stereocenters. The minimum atomic E-state index is -4.64. The fourth-order valence-electron chi connectivity index (χ4n) is 1.30. The third kappa shape index (κ3) is 4.28. The molecule has 0 heterocycles. The Kier molecular flexibility index (Phi) is 4.55. The Morgan fingerprint density at radius 2 is 1.85 bits per heavy atom. The number of benzene rings is 1. The maximum atomic E-state index is 12.7. The monoisotopic (exact) mass is 310 g/mol. The van der Waals surface area contributed by atoms with Gasteiger partial charge >= 0.3 is 12.3 Å². The fraction of sp³-hybridized carbons (Fsp3) is 0.417. The molecule has 0 fully saturated rings. The Labute approximate surface area is 119 Å². The minimum Gasteiger partial charge on any atom is -0.442 e. The van der Waals surface area contributed by atoms with E-state index in [2.05, 4.69) is 0 Å². The van der Waals surface area contributed by atoms with E-state index in [1.165, 1.54) is 6.07 Å². The van der Waals surface area contributed by atoms with Crippen LogP contribution in [0.2, 0.25) is 5.02 Å². The van der Waals surface area contributed by atoms with Crippen molar-refractivity contribution in [3.63, 3.8) is 0 Å². The van der Waals surface area contributed by atoms with Crippen LogP contribution in [0.1, 0.15) is 26.3 Å². The minimum absolute atomic E-state index is 0.170. The first-order valence-electron chi connectivity index (χ1n) is 5.56. The molecule has 0 saturated carbocycles. The van der Waals surface area contributed by atoms with Crippen molar-refractivity contribution in [3.8, 4) is 0 Å². The number of carbonyl (C=O) groups excluding carboxylic acids is 1. The zero-order valence-corrected chi connectivity index (χ0v) is 11.8. The normalized spacial score (nSPS) is 12.2. The molecule has 0 saturated heterocycles. The van der Waals surface area contributed by atoms with Crippen molar-refractivity contribution in [3.05, 3.63) is 28.8 Å². The Balaban J connectivity index is 3.06. The van der Waals surface area contributed by atoms with E-state index >= 15 is 0 Å². The summed E-state index contributed by atoms with van der Waals surface area (Å²) in [5.41, 5.74) is -2.06.